The molecular formula is C24H27N3O7. The van der Waals surface area contributed by atoms with Crippen molar-refractivity contribution in [3.8, 4) is 0 Å². The smallest absolute Gasteiger partial charge is 0.338 e. The van der Waals surface area contributed by atoms with Crippen LogP contribution in [-0.4, -0.2) is 85.5 Å². The monoisotopic (exact) mass is 469 g/mol. The number of ether oxygens (including phenoxy) is 2. The largest absolute Gasteiger partial charge is 0.462 e. The average Bonchev–Trinajstić information content (AvgIpc) is 3.49. The maximum absolute atomic E-state index is 13.4. The van der Waals surface area contributed by atoms with Gasteiger partial charge in [0.15, 0.2) is 5.76 Å². The van der Waals surface area contributed by atoms with Crippen LogP contribution in [0.15, 0.2) is 47.1 Å². The number of rotatable bonds is 8. The molecule has 0 N–H and O–H groups in total. The van der Waals surface area contributed by atoms with Crippen molar-refractivity contribution in [3.63, 3.8) is 0 Å². The zero-order chi connectivity index (χ0) is 24.1. The van der Waals surface area contributed by atoms with Crippen LogP contribution in [0.4, 0.5) is 5.69 Å². The molecule has 0 spiro atoms. The molecule has 0 saturated carbocycles. The highest BCUT2D eigenvalue weighted by Gasteiger charge is 2.45. The summed E-state index contributed by atoms with van der Waals surface area (Å²) in [6.07, 6.45) is 1.26. The number of hydrogen-bond donors (Lipinski definition) is 0. The van der Waals surface area contributed by atoms with Crippen LogP contribution in [0.5, 0.6) is 0 Å². The Morgan fingerprint density at radius 1 is 1.12 bits per heavy atom. The molecule has 3 heterocycles. The summed E-state index contributed by atoms with van der Waals surface area (Å²) in [4.78, 5) is 56.0. The molecule has 0 bridgehead atoms. The second-order valence-corrected chi connectivity index (χ2v) is 7.98. The molecule has 1 unspecified atom stereocenters. The fourth-order valence-corrected chi connectivity index (χ4v) is 4.11. The lowest BCUT2D eigenvalue weighted by atomic mass is 10.2. The van der Waals surface area contributed by atoms with Gasteiger partial charge in [0.25, 0.3) is 11.8 Å². The Hall–Kier alpha value is -3.50. The lowest BCUT2D eigenvalue weighted by Gasteiger charge is -2.31. The molecule has 2 fully saturated rings. The number of esters is 1. The van der Waals surface area contributed by atoms with Crippen LogP contribution < -0.4 is 4.90 Å². The van der Waals surface area contributed by atoms with E-state index < -0.39 is 29.7 Å². The van der Waals surface area contributed by atoms with Gasteiger partial charge in [-0.3, -0.25) is 19.3 Å². The third kappa shape index (κ3) is 5.02. The zero-order valence-corrected chi connectivity index (χ0v) is 19.0. The van der Waals surface area contributed by atoms with E-state index >= 15 is 0 Å². The molecule has 0 aliphatic carbocycles. The van der Waals surface area contributed by atoms with E-state index in [1.807, 2.05) is 0 Å². The van der Waals surface area contributed by atoms with Crippen LogP contribution in [-0.2, 0) is 19.1 Å². The van der Waals surface area contributed by atoms with Crippen LogP contribution in [0, 0.1) is 0 Å². The molecular weight excluding hydrogens is 442 g/mol. The van der Waals surface area contributed by atoms with Crippen molar-refractivity contribution in [1.29, 1.82) is 0 Å². The standard InChI is InChI=1S/C24H27N3O7/c1-2-33-24(31)17-5-7-18(8-6-17)27-21(28)16-19(22(27)29)26(23(30)20-4-3-13-34-20)10-9-25-11-14-32-15-12-25/h3-8,13,19H,2,9-12,14-16H2,1H3. The fraction of sp³-hybridized carbons (Fsp3) is 0.417. The number of hydrogen-bond acceptors (Lipinski definition) is 8. The number of imide groups is 1. The number of nitrogens with zero attached hydrogens (tertiary/aromatic N) is 3. The molecule has 10 heteroatoms. The highest BCUT2D eigenvalue weighted by atomic mass is 16.5. The molecule has 2 saturated heterocycles. The molecule has 1 aromatic heterocycles. The molecule has 4 rings (SSSR count). The predicted octanol–water partition coefficient (Wildman–Crippen LogP) is 1.56. The topological polar surface area (TPSA) is 110 Å². The SMILES string of the molecule is CCOC(=O)c1ccc(N2C(=O)CC(N(CCN3CCOCC3)C(=O)c3ccco3)C2=O)cc1. The number of carbonyl (C=O) groups is 4. The lowest BCUT2D eigenvalue weighted by molar-refractivity contribution is -0.122. The first-order chi connectivity index (χ1) is 16.5. The minimum atomic E-state index is -0.948. The Morgan fingerprint density at radius 3 is 2.50 bits per heavy atom. The van der Waals surface area contributed by atoms with Crippen molar-refractivity contribution in [1.82, 2.24) is 9.80 Å². The van der Waals surface area contributed by atoms with E-state index in [2.05, 4.69) is 4.90 Å². The molecule has 2 aliphatic rings. The predicted molar refractivity (Wildman–Crippen MR) is 120 cm³/mol. The van der Waals surface area contributed by atoms with Gasteiger partial charge in [0, 0.05) is 26.2 Å². The Labute approximate surface area is 197 Å². The van der Waals surface area contributed by atoms with Gasteiger partial charge in [-0.15, -0.1) is 0 Å². The summed E-state index contributed by atoms with van der Waals surface area (Å²) in [6, 6.07) is 8.25. The number of amides is 3. The highest BCUT2D eigenvalue weighted by Crippen LogP contribution is 2.27. The number of furan rings is 1. The lowest BCUT2D eigenvalue weighted by Crippen LogP contribution is -2.49. The van der Waals surface area contributed by atoms with Crippen molar-refractivity contribution < 1.29 is 33.1 Å². The van der Waals surface area contributed by atoms with E-state index in [-0.39, 0.29) is 25.3 Å². The van der Waals surface area contributed by atoms with Crippen LogP contribution in [0.2, 0.25) is 0 Å². The summed E-state index contributed by atoms with van der Waals surface area (Å²) in [6.45, 7) is 5.46. The van der Waals surface area contributed by atoms with Crippen LogP contribution in [0.25, 0.3) is 0 Å². The molecule has 0 radical (unpaired) electrons. The van der Waals surface area contributed by atoms with E-state index in [9.17, 15) is 19.2 Å². The molecule has 34 heavy (non-hydrogen) atoms. The highest BCUT2D eigenvalue weighted by molar-refractivity contribution is 6.23. The minimum absolute atomic E-state index is 0.111. The molecule has 2 aliphatic heterocycles. The Bertz CT molecular complexity index is 1030. The Kier molecular flexibility index (Phi) is 7.39. The summed E-state index contributed by atoms with van der Waals surface area (Å²) in [7, 11) is 0. The summed E-state index contributed by atoms with van der Waals surface area (Å²) in [5, 5.41) is 0. The van der Waals surface area contributed by atoms with Gasteiger partial charge in [0.2, 0.25) is 5.91 Å². The summed E-state index contributed by atoms with van der Waals surface area (Å²) in [5.74, 6) is -1.72. The fourth-order valence-electron chi connectivity index (χ4n) is 4.11. The van der Waals surface area contributed by atoms with Gasteiger partial charge in [0.1, 0.15) is 6.04 Å². The summed E-state index contributed by atoms with van der Waals surface area (Å²) in [5.41, 5.74) is 0.658. The van der Waals surface area contributed by atoms with Gasteiger partial charge < -0.3 is 18.8 Å². The van der Waals surface area contributed by atoms with E-state index in [1.165, 1.54) is 41.5 Å². The molecule has 3 amide bonds. The first-order valence-corrected chi connectivity index (χ1v) is 11.3. The number of benzene rings is 1. The number of morpholine rings is 1. The molecule has 1 atom stereocenters. The third-order valence-electron chi connectivity index (χ3n) is 5.89. The Morgan fingerprint density at radius 2 is 1.85 bits per heavy atom. The van der Waals surface area contributed by atoms with Gasteiger partial charge in [-0.1, -0.05) is 0 Å². The second-order valence-electron chi connectivity index (χ2n) is 7.98. The van der Waals surface area contributed by atoms with Crippen molar-refractivity contribution in [2.45, 2.75) is 19.4 Å². The number of anilines is 1. The van der Waals surface area contributed by atoms with Crippen LogP contribution in [0.3, 0.4) is 0 Å². The zero-order valence-electron chi connectivity index (χ0n) is 19.0. The molecule has 10 nitrogen and oxygen atoms in total. The quantitative estimate of drug-likeness (QED) is 0.423. The van der Waals surface area contributed by atoms with E-state index in [0.29, 0.717) is 31.0 Å². The van der Waals surface area contributed by atoms with Gasteiger partial charge in [-0.25, -0.2) is 9.69 Å². The first kappa shape index (κ1) is 23.7. The van der Waals surface area contributed by atoms with Gasteiger partial charge in [0.05, 0.1) is 43.8 Å². The van der Waals surface area contributed by atoms with Crippen molar-refractivity contribution in [3.05, 3.63) is 54.0 Å². The summed E-state index contributed by atoms with van der Waals surface area (Å²) < 4.78 is 15.6. The average molecular weight is 469 g/mol. The van der Waals surface area contributed by atoms with Crippen molar-refractivity contribution in [2.75, 3.05) is 50.9 Å². The number of carbonyl (C=O) groups excluding carboxylic acids is 4. The second kappa shape index (κ2) is 10.6. The normalized spacial score (nSPS) is 18.9. The molecule has 1 aromatic carbocycles. The third-order valence-corrected chi connectivity index (χ3v) is 5.89. The van der Waals surface area contributed by atoms with Gasteiger partial charge in [-0.05, 0) is 43.3 Å². The van der Waals surface area contributed by atoms with Crippen LogP contribution >= 0.6 is 0 Å². The maximum atomic E-state index is 13.4. The minimum Gasteiger partial charge on any atom is -0.462 e. The van der Waals surface area contributed by atoms with Gasteiger partial charge in [-0.2, -0.15) is 0 Å². The Balaban J connectivity index is 1.53. The molecule has 2 aromatic rings. The van der Waals surface area contributed by atoms with Crippen LogP contribution in [0.1, 0.15) is 34.3 Å². The van der Waals surface area contributed by atoms with E-state index in [0.717, 1.165) is 18.0 Å². The van der Waals surface area contributed by atoms with E-state index in [1.54, 1.807) is 13.0 Å². The first-order valence-electron chi connectivity index (χ1n) is 11.3. The maximum Gasteiger partial charge on any atom is 0.338 e. The molecule has 180 valence electrons. The van der Waals surface area contributed by atoms with Crippen molar-refractivity contribution in [2.24, 2.45) is 0 Å². The van der Waals surface area contributed by atoms with E-state index in [4.69, 9.17) is 13.9 Å². The van der Waals surface area contributed by atoms with Gasteiger partial charge >= 0.3 is 5.97 Å². The van der Waals surface area contributed by atoms with Crippen molar-refractivity contribution >= 4 is 29.4 Å². The summed E-state index contributed by atoms with van der Waals surface area (Å²) >= 11 is 0.